The van der Waals surface area contributed by atoms with Crippen LogP contribution in [-0.2, 0) is 11.3 Å². The molecule has 1 N–H and O–H groups in total. The van der Waals surface area contributed by atoms with E-state index in [4.69, 9.17) is 14.0 Å². The smallest absolute Gasteiger partial charge is 0.255 e. The number of fused-ring (bicyclic) bond motifs is 1. The first kappa shape index (κ1) is 18.5. The van der Waals surface area contributed by atoms with Crippen molar-refractivity contribution in [1.29, 1.82) is 0 Å². The maximum atomic E-state index is 12.9. The second-order valence-electron chi connectivity index (χ2n) is 7.23. The molecule has 1 fully saturated rings. The molecular formula is C22H24N2O4. The van der Waals surface area contributed by atoms with E-state index >= 15 is 0 Å². The summed E-state index contributed by atoms with van der Waals surface area (Å²) in [5, 5.41) is 9.02. The zero-order chi connectivity index (χ0) is 19.5. The van der Waals surface area contributed by atoms with Gasteiger partial charge in [-0.25, -0.2) is 0 Å². The summed E-state index contributed by atoms with van der Waals surface area (Å²) in [5.74, 6) is 1.52. The quantitative estimate of drug-likeness (QED) is 0.704. The van der Waals surface area contributed by atoms with E-state index in [1.807, 2.05) is 50.2 Å². The molecule has 2 aromatic carbocycles. The third-order valence-electron chi connectivity index (χ3n) is 5.22. The van der Waals surface area contributed by atoms with Gasteiger partial charge in [0.05, 0.1) is 23.4 Å². The molecule has 146 valence electrons. The van der Waals surface area contributed by atoms with Crippen LogP contribution in [0, 0.1) is 19.8 Å². The van der Waals surface area contributed by atoms with Crippen molar-refractivity contribution in [3.63, 3.8) is 0 Å². The molecule has 1 atom stereocenters. The van der Waals surface area contributed by atoms with Crippen molar-refractivity contribution in [1.82, 2.24) is 10.5 Å². The molecule has 0 spiro atoms. The van der Waals surface area contributed by atoms with Crippen LogP contribution < -0.4 is 10.1 Å². The van der Waals surface area contributed by atoms with Crippen LogP contribution in [0.2, 0.25) is 0 Å². The molecule has 6 heteroatoms. The zero-order valence-electron chi connectivity index (χ0n) is 16.2. The van der Waals surface area contributed by atoms with Crippen LogP contribution >= 0.6 is 0 Å². The fourth-order valence-corrected chi connectivity index (χ4v) is 3.45. The van der Waals surface area contributed by atoms with Gasteiger partial charge in [-0.05, 0) is 43.2 Å². The Hall–Kier alpha value is -2.86. The van der Waals surface area contributed by atoms with Gasteiger partial charge in [0.2, 0.25) is 0 Å². The van der Waals surface area contributed by atoms with E-state index in [2.05, 4.69) is 10.5 Å². The molecule has 0 radical (unpaired) electrons. The van der Waals surface area contributed by atoms with Crippen LogP contribution in [0.25, 0.3) is 10.8 Å². The minimum absolute atomic E-state index is 0.133. The third kappa shape index (κ3) is 3.87. The normalized spacial score (nSPS) is 16.4. The molecule has 4 rings (SSSR count). The van der Waals surface area contributed by atoms with E-state index in [-0.39, 0.29) is 5.91 Å². The number of nitrogens with zero attached hydrogens (tertiary/aromatic N) is 1. The molecule has 1 aliphatic rings. The molecule has 3 aromatic rings. The monoisotopic (exact) mass is 380 g/mol. The number of ether oxygens (including phenoxy) is 2. The Morgan fingerprint density at radius 3 is 2.71 bits per heavy atom. The summed E-state index contributed by atoms with van der Waals surface area (Å²) in [4.78, 5) is 12.9. The molecule has 1 amide bonds. The summed E-state index contributed by atoms with van der Waals surface area (Å²) in [5.41, 5.74) is 2.23. The van der Waals surface area contributed by atoms with Crippen LogP contribution in [-0.4, -0.2) is 30.8 Å². The number of nitrogens with one attached hydrogen (secondary N) is 1. The molecule has 2 heterocycles. The number of benzene rings is 2. The van der Waals surface area contributed by atoms with Crippen molar-refractivity contribution in [2.45, 2.75) is 26.9 Å². The summed E-state index contributed by atoms with van der Waals surface area (Å²) in [6.45, 7) is 6.12. The molecule has 1 saturated heterocycles. The summed E-state index contributed by atoms with van der Waals surface area (Å²) in [6, 6.07) is 11.7. The highest BCUT2D eigenvalue weighted by Crippen LogP contribution is 2.28. The zero-order valence-corrected chi connectivity index (χ0v) is 16.2. The lowest BCUT2D eigenvalue weighted by molar-refractivity contribution is 0.0940. The number of hydrogen-bond acceptors (Lipinski definition) is 5. The lowest BCUT2D eigenvalue weighted by atomic mass is 10.0. The second-order valence-corrected chi connectivity index (χ2v) is 7.23. The van der Waals surface area contributed by atoms with Crippen molar-refractivity contribution in [3.05, 3.63) is 59.0 Å². The Balaban J connectivity index is 1.59. The lowest BCUT2D eigenvalue weighted by Crippen LogP contribution is -2.29. The fraction of sp³-hybridized carbons (Fsp3) is 0.364. The number of aromatic nitrogens is 1. The van der Waals surface area contributed by atoms with E-state index < -0.39 is 0 Å². The molecule has 0 unspecified atom stereocenters. The van der Waals surface area contributed by atoms with Crippen LogP contribution in [0.1, 0.15) is 33.8 Å². The van der Waals surface area contributed by atoms with Gasteiger partial charge in [-0.15, -0.1) is 0 Å². The molecule has 6 nitrogen and oxygen atoms in total. The van der Waals surface area contributed by atoms with Gasteiger partial charge in [-0.3, -0.25) is 4.79 Å². The average molecular weight is 380 g/mol. The van der Waals surface area contributed by atoms with E-state index in [1.165, 1.54) is 0 Å². The number of amides is 1. The number of hydrogen-bond donors (Lipinski definition) is 1. The van der Waals surface area contributed by atoms with Gasteiger partial charge in [0.25, 0.3) is 5.91 Å². The Kier molecular flexibility index (Phi) is 5.30. The Morgan fingerprint density at radius 2 is 2.04 bits per heavy atom. The Bertz CT molecular complexity index is 970. The number of rotatable bonds is 6. The largest absolute Gasteiger partial charge is 0.488 e. The number of carbonyl (C=O) groups is 1. The van der Waals surface area contributed by atoms with Crippen molar-refractivity contribution in [2.24, 2.45) is 5.92 Å². The summed E-state index contributed by atoms with van der Waals surface area (Å²) in [6.07, 6.45) is 0.980. The summed E-state index contributed by atoms with van der Waals surface area (Å²) >= 11 is 0. The SMILES string of the molecule is Cc1noc(C)c1COc1cc2ccccc2cc1C(=O)NC[C@@H]1CCOC1. The molecular weight excluding hydrogens is 356 g/mol. The lowest BCUT2D eigenvalue weighted by Gasteiger charge is -2.15. The molecule has 28 heavy (non-hydrogen) atoms. The summed E-state index contributed by atoms with van der Waals surface area (Å²) < 4.78 is 16.7. The maximum Gasteiger partial charge on any atom is 0.255 e. The molecule has 0 bridgehead atoms. The number of aryl methyl sites for hydroxylation is 2. The molecule has 1 aromatic heterocycles. The Labute approximate surface area is 163 Å². The van der Waals surface area contributed by atoms with Crippen LogP contribution in [0.5, 0.6) is 5.75 Å². The standard InChI is InChI=1S/C22H24N2O4/c1-14-20(15(2)28-24-14)13-27-21-10-18-6-4-3-5-17(18)9-19(21)22(25)23-11-16-7-8-26-12-16/h3-6,9-10,16H,7-8,11-13H2,1-2H3,(H,23,25)/t16-/m0/s1. The molecule has 1 aliphatic heterocycles. The average Bonchev–Trinajstić information content (AvgIpc) is 3.34. The minimum Gasteiger partial charge on any atom is -0.488 e. The van der Waals surface area contributed by atoms with Crippen LogP contribution in [0.4, 0.5) is 0 Å². The van der Waals surface area contributed by atoms with Gasteiger partial charge < -0.3 is 19.3 Å². The third-order valence-corrected chi connectivity index (χ3v) is 5.22. The van der Waals surface area contributed by atoms with Gasteiger partial charge >= 0.3 is 0 Å². The van der Waals surface area contributed by atoms with Crippen molar-refractivity contribution in [3.8, 4) is 5.75 Å². The highest BCUT2D eigenvalue weighted by Gasteiger charge is 2.20. The van der Waals surface area contributed by atoms with E-state index in [1.54, 1.807) is 0 Å². The van der Waals surface area contributed by atoms with Gasteiger partial charge in [0.15, 0.2) is 0 Å². The molecule has 0 aliphatic carbocycles. The highest BCUT2D eigenvalue weighted by atomic mass is 16.5. The van der Waals surface area contributed by atoms with E-state index in [0.29, 0.717) is 37.0 Å². The predicted octanol–water partition coefficient (Wildman–Crippen LogP) is 3.79. The number of carbonyl (C=O) groups excluding carboxylic acids is 1. The van der Waals surface area contributed by atoms with Gasteiger partial charge in [-0.2, -0.15) is 0 Å². The van der Waals surface area contributed by atoms with E-state index in [9.17, 15) is 4.79 Å². The first-order chi connectivity index (χ1) is 13.6. The van der Waals surface area contributed by atoms with Crippen molar-refractivity contribution >= 4 is 16.7 Å². The predicted molar refractivity (Wildman–Crippen MR) is 106 cm³/mol. The van der Waals surface area contributed by atoms with E-state index in [0.717, 1.165) is 40.8 Å². The van der Waals surface area contributed by atoms with Crippen molar-refractivity contribution < 1.29 is 18.8 Å². The first-order valence-electron chi connectivity index (χ1n) is 9.55. The molecule has 0 saturated carbocycles. The second kappa shape index (κ2) is 8.02. The maximum absolute atomic E-state index is 12.9. The van der Waals surface area contributed by atoms with Crippen LogP contribution in [0.15, 0.2) is 40.9 Å². The summed E-state index contributed by atoms with van der Waals surface area (Å²) in [7, 11) is 0. The fourth-order valence-electron chi connectivity index (χ4n) is 3.45. The topological polar surface area (TPSA) is 73.6 Å². The van der Waals surface area contributed by atoms with Crippen LogP contribution in [0.3, 0.4) is 0 Å². The highest BCUT2D eigenvalue weighted by molar-refractivity contribution is 6.01. The van der Waals surface area contributed by atoms with Crippen molar-refractivity contribution in [2.75, 3.05) is 19.8 Å². The first-order valence-corrected chi connectivity index (χ1v) is 9.55. The van der Waals surface area contributed by atoms with Gasteiger partial charge in [0, 0.05) is 19.1 Å². The minimum atomic E-state index is -0.133. The van der Waals surface area contributed by atoms with Gasteiger partial charge in [-0.1, -0.05) is 29.4 Å². The van der Waals surface area contributed by atoms with Gasteiger partial charge in [0.1, 0.15) is 18.1 Å². The Morgan fingerprint density at radius 1 is 1.25 bits per heavy atom.